The predicted molar refractivity (Wildman–Crippen MR) is 145 cm³/mol. The van der Waals surface area contributed by atoms with E-state index in [1.807, 2.05) is 18.2 Å². The Bertz CT molecular complexity index is 1480. The Kier molecular flexibility index (Phi) is 7.89. The zero-order valence-corrected chi connectivity index (χ0v) is 23.3. The number of ether oxygens (including phenoxy) is 2. The Morgan fingerprint density at radius 1 is 1.18 bits per heavy atom. The lowest BCUT2D eigenvalue weighted by Gasteiger charge is -2.22. The maximum Gasteiger partial charge on any atom is 0.341 e. The molecule has 2 atom stereocenters. The van der Waals surface area contributed by atoms with E-state index in [0.717, 1.165) is 41.5 Å². The van der Waals surface area contributed by atoms with E-state index in [9.17, 15) is 14.7 Å². The molecule has 0 fully saturated rings. The maximum absolute atomic E-state index is 13.3. The molecule has 0 spiro atoms. The minimum absolute atomic E-state index is 0.159. The van der Waals surface area contributed by atoms with Gasteiger partial charge in [-0.3, -0.25) is 4.79 Å². The first kappa shape index (κ1) is 26.8. The Morgan fingerprint density at radius 3 is 2.62 bits per heavy atom. The van der Waals surface area contributed by atoms with Crippen molar-refractivity contribution in [3.8, 4) is 17.4 Å². The molecule has 2 unspecified atom stereocenters. The van der Waals surface area contributed by atoms with Gasteiger partial charge in [0, 0.05) is 17.0 Å². The van der Waals surface area contributed by atoms with Crippen molar-refractivity contribution in [1.29, 1.82) is 0 Å². The van der Waals surface area contributed by atoms with Crippen molar-refractivity contribution < 1.29 is 33.4 Å². The molecule has 2 aromatic carbocycles. The summed E-state index contributed by atoms with van der Waals surface area (Å²) in [4.78, 5) is 27.1. The molecule has 202 valence electrons. The summed E-state index contributed by atoms with van der Waals surface area (Å²) in [6.45, 7) is 1.68. The Balaban J connectivity index is 1.36. The summed E-state index contributed by atoms with van der Waals surface area (Å²) in [5.41, 5.74) is 3.20. The number of hydrogen-bond donors (Lipinski definition) is 1. The zero-order valence-electron chi connectivity index (χ0n) is 21.6. The SMILES string of the molecule is COC(=O)c1c(NC(=O)C(C)Sc2c([O-])on[n+]2-c2ccc(OC)cc2)sc2c1CCC(c1ccccc1)C2. The normalized spacial score (nSPS) is 15.3. The number of carbonyl (C=O) groups is 2. The minimum atomic E-state index is -0.691. The van der Waals surface area contributed by atoms with Gasteiger partial charge in [-0.2, -0.15) is 0 Å². The fourth-order valence-corrected chi connectivity index (χ4v) is 6.85. The number of amides is 1. The van der Waals surface area contributed by atoms with Crippen LogP contribution in [0.25, 0.3) is 5.69 Å². The summed E-state index contributed by atoms with van der Waals surface area (Å²) in [5.74, 6) is -0.477. The largest absolute Gasteiger partial charge is 0.538 e. The van der Waals surface area contributed by atoms with Crippen LogP contribution in [0.1, 0.15) is 45.6 Å². The van der Waals surface area contributed by atoms with Gasteiger partial charge in [0.15, 0.2) is 5.95 Å². The van der Waals surface area contributed by atoms with Gasteiger partial charge in [0.25, 0.3) is 5.03 Å². The van der Waals surface area contributed by atoms with Gasteiger partial charge in [-0.15, -0.1) is 11.3 Å². The quantitative estimate of drug-likeness (QED) is 0.191. The molecule has 0 bridgehead atoms. The smallest absolute Gasteiger partial charge is 0.341 e. The second-order valence-corrected chi connectivity index (χ2v) is 11.5. The second-order valence-electron chi connectivity index (χ2n) is 9.07. The zero-order chi connectivity index (χ0) is 27.5. The standard InChI is InChI=1S/C28H27N3O6S2/c1-16(38-26-28(34)37-30-31(26)19-10-12-20(35-2)13-11-19)24(32)29-25-23(27(33)36-3)21-14-9-18(15-22(21)39-25)17-7-5-4-6-8-17/h4-8,10-13,16,18H,9,14-15H2,1-3H3,(H-,29,30,32,33,34). The highest BCUT2D eigenvalue weighted by atomic mass is 32.2. The molecule has 1 aliphatic carbocycles. The van der Waals surface area contributed by atoms with Crippen LogP contribution in [0.5, 0.6) is 11.7 Å². The lowest BCUT2D eigenvalue weighted by atomic mass is 9.83. The maximum atomic E-state index is 13.3. The molecule has 0 saturated heterocycles. The minimum Gasteiger partial charge on any atom is -0.538 e. The molecule has 5 rings (SSSR count). The van der Waals surface area contributed by atoms with Gasteiger partial charge in [0.1, 0.15) is 10.8 Å². The number of hydrogen-bond acceptors (Lipinski definition) is 9. The number of nitrogens with one attached hydrogen (secondary N) is 1. The van der Waals surface area contributed by atoms with Gasteiger partial charge in [0.2, 0.25) is 11.6 Å². The molecule has 1 N–H and O–H groups in total. The number of benzene rings is 2. The predicted octanol–water partition coefficient (Wildman–Crippen LogP) is 4.27. The van der Waals surface area contributed by atoms with Crippen molar-refractivity contribution in [2.24, 2.45) is 0 Å². The van der Waals surface area contributed by atoms with Crippen LogP contribution in [-0.4, -0.2) is 36.6 Å². The van der Waals surface area contributed by atoms with Gasteiger partial charge < -0.3 is 24.4 Å². The second kappa shape index (κ2) is 11.5. The summed E-state index contributed by atoms with van der Waals surface area (Å²) in [6.07, 6.45) is 2.41. The van der Waals surface area contributed by atoms with Gasteiger partial charge in [0.05, 0.1) is 30.3 Å². The molecule has 0 aliphatic heterocycles. The van der Waals surface area contributed by atoms with Crippen molar-refractivity contribution in [1.82, 2.24) is 5.27 Å². The Labute approximate surface area is 233 Å². The number of fused-ring (bicyclic) bond motifs is 1. The lowest BCUT2D eigenvalue weighted by molar-refractivity contribution is -0.705. The topological polar surface area (TPSA) is 118 Å². The molecule has 11 heteroatoms. The van der Waals surface area contributed by atoms with Crippen LogP contribution in [-0.2, 0) is 22.4 Å². The number of methoxy groups -OCH3 is 2. The van der Waals surface area contributed by atoms with Gasteiger partial charge in [-0.25, -0.2) is 4.79 Å². The summed E-state index contributed by atoms with van der Waals surface area (Å²) in [6, 6.07) is 17.3. The van der Waals surface area contributed by atoms with Gasteiger partial charge in [-0.05, 0) is 71.8 Å². The number of esters is 1. The molecule has 0 radical (unpaired) electrons. The summed E-state index contributed by atoms with van der Waals surface area (Å²) in [7, 11) is 2.90. The van der Waals surface area contributed by atoms with E-state index in [2.05, 4.69) is 22.7 Å². The van der Waals surface area contributed by atoms with Gasteiger partial charge in [-0.1, -0.05) is 30.3 Å². The van der Waals surface area contributed by atoms with Crippen molar-refractivity contribution in [2.75, 3.05) is 19.5 Å². The average Bonchev–Trinajstić information content (AvgIpc) is 3.51. The summed E-state index contributed by atoms with van der Waals surface area (Å²) >= 11 is 2.44. The third kappa shape index (κ3) is 5.50. The van der Waals surface area contributed by atoms with E-state index < -0.39 is 17.2 Å². The number of thiophene rings is 1. The molecular formula is C28H27N3O6S2. The van der Waals surface area contributed by atoms with E-state index in [4.69, 9.17) is 14.0 Å². The van der Waals surface area contributed by atoms with Crippen LogP contribution in [0, 0.1) is 0 Å². The fourth-order valence-electron chi connectivity index (χ4n) is 4.66. The number of aromatic nitrogens is 2. The highest BCUT2D eigenvalue weighted by molar-refractivity contribution is 8.00. The molecule has 39 heavy (non-hydrogen) atoms. The van der Waals surface area contributed by atoms with Crippen LogP contribution >= 0.6 is 23.1 Å². The van der Waals surface area contributed by atoms with Crippen LogP contribution in [0.3, 0.4) is 0 Å². The molecule has 2 aromatic heterocycles. The van der Waals surface area contributed by atoms with Crippen LogP contribution in [0.4, 0.5) is 5.00 Å². The fraction of sp³-hybridized carbons (Fsp3) is 0.286. The molecule has 1 amide bonds. The Morgan fingerprint density at radius 2 is 1.92 bits per heavy atom. The molecule has 4 aromatic rings. The van der Waals surface area contributed by atoms with E-state index in [-0.39, 0.29) is 10.9 Å². The van der Waals surface area contributed by atoms with E-state index in [1.165, 1.54) is 28.7 Å². The molecule has 9 nitrogen and oxygen atoms in total. The first-order chi connectivity index (χ1) is 18.9. The third-order valence-electron chi connectivity index (χ3n) is 6.71. The van der Waals surface area contributed by atoms with Crippen LogP contribution < -0.4 is 19.8 Å². The summed E-state index contributed by atoms with van der Waals surface area (Å²) < 4.78 is 16.5. The highest BCUT2D eigenvalue weighted by Crippen LogP contribution is 2.43. The Hall–Kier alpha value is -3.83. The van der Waals surface area contributed by atoms with Crippen LogP contribution in [0.15, 0.2) is 64.1 Å². The number of nitrogens with zero attached hydrogens (tertiary/aromatic N) is 2. The van der Waals surface area contributed by atoms with Crippen molar-refractivity contribution in [2.45, 2.75) is 42.4 Å². The first-order valence-electron chi connectivity index (χ1n) is 12.4. The lowest BCUT2D eigenvalue weighted by Crippen LogP contribution is -2.36. The monoisotopic (exact) mass is 565 g/mol. The van der Waals surface area contributed by atoms with Crippen LogP contribution in [0.2, 0.25) is 0 Å². The van der Waals surface area contributed by atoms with E-state index >= 15 is 0 Å². The van der Waals surface area contributed by atoms with Crippen molar-refractivity contribution in [3.63, 3.8) is 0 Å². The van der Waals surface area contributed by atoms with E-state index in [1.54, 1.807) is 38.3 Å². The van der Waals surface area contributed by atoms with E-state index in [0.29, 0.717) is 27.9 Å². The summed E-state index contributed by atoms with van der Waals surface area (Å²) in [5, 5.41) is 19.1. The molecular weight excluding hydrogens is 538 g/mol. The molecule has 0 saturated carbocycles. The number of carbonyl (C=O) groups excluding carboxylic acids is 2. The first-order valence-corrected chi connectivity index (χ1v) is 14.1. The number of anilines is 1. The molecule has 2 heterocycles. The van der Waals surface area contributed by atoms with Gasteiger partial charge >= 0.3 is 5.97 Å². The highest BCUT2D eigenvalue weighted by Gasteiger charge is 2.32. The number of thioether (sulfide) groups is 1. The number of rotatable bonds is 8. The average molecular weight is 566 g/mol. The van der Waals surface area contributed by atoms with Crippen molar-refractivity contribution >= 4 is 40.0 Å². The third-order valence-corrected chi connectivity index (χ3v) is 9.01. The molecule has 1 aliphatic rings. The van der Waals surface area contributed by atoms with Crippen molar-refractivity contribution in [3.05, 3.63) is 76.2 Å².